The van der Waals surface area contributed by atoms with Crippen LogP contribution >= 0.6 is 12.2 Å². The highest BCUT2D eigenvalue weighted by Crippen LogP contribution is 2.24. The largest absolute Gasteiger partial charge is 0.349 e. The zero-order valence-corrected chi connectivity index (χ0v) is 17.5. The van der Waals surface area contributed by atoms with Gasteiger partial charge in [-0.3, -0.25) is 15.1 Å². The van der Waals surface area contributed by atoms with E-state index in [4.69, 9.17) is 12.2 Å². The summed E-state index contributed by atoms with van der Waals surface area (Å²) in [4.78, 5) is 20.8. The average Bonchev–Trinajstić information content (AvgIpc) is 2.99. The number of allylic oxidation sites excluding steroid dienone is 1. The number of benzene rings is 1. The molecule has 1 saturated heterocycles. The third-order valence-electron chi connectivity index (χ3n) is 5.38. The van der Waals surface area contributed by atoms with E-state index in [0.717, 1.165) is 43.6 Å². The lowest BCUT2D eigenvalue weighted by Gasteiger charge is -2.37. The van der Waals surface area contributed by atoms with Gasteiger partial charge in [0, 0.05) is 44.2 Å². The molecule has 2 heterocycles. The molecule has 2 aliphatic heterocycles. The number of rotatable bonds is 7. The predicted octanol–water partition coefficient (Wildman–Crippen LogP) is 2.63. The molecule has 2 aliphatic rings. The van der Waals surface area contributed by atoms with Crippen molar-refractivity contribution in [2.75, 3.05) is 19.6 Å². The van der Waals surface area contributed by atoms with Crippen LogP contribution in [0.25, 0.3) is 0 Å². The van der Waals surface area contributed by atoms with Crippen LogP contribution in [0.4, 0.5) is 0 Å². The maximum Gasteiger partial charge on any atom is 0.238 e. The smallest absolute Gasteiger partial charge is 0.238 e. The first-order chi connectivity index (χ1) is 13.5. The lowest BCUT2D eigenvalue weighted by molar-refractivity contribution is -0.131. The summed E-state index contributed by atoms with van der Waals surface area (Å²) in [6, 6.07) is 10.1. The van der Waals surface area contributed by atoms with Crippen molar-refractivity contribution in [3.63, 3.8) is 0 Å². The van der Waals surface area contributed by atoms with Gasteiger partial charge in [-0.05, 0) is 44.5 Å². The zero-order valence-electron chi connectivity index (χ0n) is 16.6. The van der Waals surface area contributed by atoms with Gasteiger partial charge in [0.1, 0.15) is 0 Å². The molecule has 0 aromatic heterocycles. The average molecular weight is 400 g/mol. The fourth-order valence-electron chi connectivity index (χ4n) is 3.55. The maximum absolute atomic E-state index is 12.5. The number of nitrogens with one attached hydrogen (secondary N) is 2. The molecule has 0 radical (unpaired) electrons. The SMILES string of the molecule is CCN(CCC1(C)NCC(=O)N1Cc1ccccc1)C(=S)NC1=CN=CCC1. The summed E-state index contributed by atoms with van der Waals surface area (Å²) >= 11 is 5.61. The minimum atomic E-state index is -0.385. The molecule has 6 nitrogen and oxygen atoms in total. The molecule has 3 rings (SSSR count). The third kappa shape index (κ3) is 4.97. The zero-order chi connectivity index (χ0) is 20.0. The number of aliphatic imine (C=N–C) groups is 1. The van der Waals surface area contributed by atoms with E-state index in [0.29, 0.717) is 18.2 Å². The molecule has 0 saturated carbocycles. The number of nitrogens with zero attached hydrogens (tertiary/aromatic N) is 3. The normalized spacial score (nSPS) is 21.6. The molecule has 1 unspecified atom stereocenters. The van der Waals surface area contributed by atoms with Crippen molar-refractivity contribution < 1.29 is 4.79 Å². The Bertz CT molecular complexity index is 763. The Kier molecular flexibility index (Phi) is 6.80. The standard InChI is InChI=1S/C21H29N5OS/c1-3-25(20(28)24-18-10-7-12-22-14-18)13-11-21(2)23-15-19(27)26(21)16-17-8-5-4-6-9-17/h4-6,8-9,12,14,23H,3,7,10-11,13,15-16H2,1-2H3,(H,24,28). The van der Waals surface area contributed by atoms with Crippen LogP contribution in [0.5, 0.6) is 0 Å². The predicted molar refractivity (Wildman–Crippen MR) is 117 cm³/mol. The van der Waals surface area contributed by atoms with Crippen LogP contribution in [0.3, 0.4) is 0 Å². The Morgan fingerprint density at radius 1 is 1.39 bits per heavy atom. The molecule has 1 aromatic rings. The number of carbonyl (C=O) groups excluding carboxylic acids is 1. The van der Waals surface area contributed by atoms with Gasteiger partial charge in [0.2, 0.25) is 5.91 Å². The summed E-state index contributed by atoms with van der Waals surface area (Å²) in [7, 11) is 0. The third-order valence-corrected chi connectivity index (χ3v) is 5.74. The van der Waals surface area contributed by atoms with Crippen LogP contribution in [0.15, 0.2) is 47.2 Å². The van der Waals surface area contributed by atoms with E-state index in [1.54, 1.807) is 0 Å². The fraction of sp³-hybridized carbons (Fsp3) is 0.476. The van der Waals surface area contributed by atoms with E-state index in [1.165, 1.54) is 0 Å². The van der Waals surface area contributed by atoms with E-state index in [-0.39, 0.29) is 11.6 Å². The summed E-state index contributed by atoms with van der Waals surface area (Å²) in [5.74, 6) is 0.139. The van der Waals surface area contributed by atoms with Crippen LogP contribution in [0, 0.1) is 0 Å². The van der Waals surface area contributed by atoms with E-state index in [1.807, 2.05) is 35.5 Å². The Hall–Kier alpha value is -2.25. The number of carbonyl (C=O) groups is 1. The highest BCUT2D eigenvalue weighted by atomic mass is 32.1. The van der Waals surface area contributed by atoms with E-state index in [9.17, 15) is 4.79 Å². The first-order valence-electron chi connectivity index (χ1n) is 9.88. The van der Waals surface area contributed by atoms with Gasteiger partial charge in [-0.25, -0.2) is 0 Å². The van der Waals surface area contributed by atoms with Crippen molar-refractivity contribution >= 4 is 29.5 Å². The van der Waals surface area contributed by atoms with Gasteiger partial charge in [0.15, 0.2) is 5.11 Å². The second kappa shape index (κ2) is 9.30. The molecule has 1 fully saturated rings. The van der Waals surface area contributed by atoms with Crippen molar-refractivity contribution in [2.45, 2.75) is 45.3 Å². The van der Waals surface area contributed by atoms with Gasteiger partial charge in [-0.1, -0.05) is 30.3 Å². The molecule has 0 spiro atoms. The second-order valence-corrected chi connectivity index (χ2v) is 7.76. The van der Waals surface area contributed by atoms with Crippen LogP contribution in [0.2, 0.25) is 0 Å². The molecular formula is C21H29N5OS. The van der Waals surface area contributed by atoms with Gasteiger partial charge in [-0.2, -0.15) is 0 Å². The van der Waals surface area contributed by atoms with Crippen molar-refractivity contribution in [2.24, 2.45) is 4.99 Å². The Labute approximate surface area is 172 Å². The molecule has 0 aliphatic carbocycles. The highest BCUT2D eigenvalue weighted by molar-refractivity contribution is 7.80. The minimum Gasteiger partial charge on any atom is -0.349 e. The van der Waals surface area contributed by atoms with E-state index in [2.05, 4.69) is 46.5 Å². The van der Waals surface area contributed by atoms with Crippen molar-refractivity contribution in [1.82, 2.24) is 20.4 Å². The first kappa shape index (κ1) is 20.5. The van der Waals surface area contributed by atoms with Crippen molar-refractivity contribution in [1.29, 1.82) is 0 Å². The number of hydrogen-bond donors (Lipinski definition) is 2. The molecule has 150 valence electrons. The first-order valence-corrected chi connectivity index (χ1v) is 10.3. The van der Waals surface area contributed by atoms with Crippen LogP contribution < -0.4 is 10.6 Å². The lowest BCUT2D eigenvalue weighted by Crippen LogP contribution is -2.52. The van der Waals surface area contributed by atoms with Crippen molar-refractivity contribution in [3.05, 3.63) is 47.8 Å². The van der Waals surface area contributed by atoms with E-state index >= 15 is 0 Å². The Morgan fingerprint density at radius 2 is 2.18 bits per heavy atom. The molecule has 1 atom stereocenters. The van der Waals surface area contributed by atoms with Gasteiger partial charge in [0.25, 0.3) is 0 Å². The maximum atomic E-state index is 12.5. The summed E-state index contributed by atoms with van der Waals surface area (Å²) in [5, 5.41) is 7.45. The molecule has 7 heteroatoms. The van der Waals surface area contributed by atoms with Crippen LogP contribution in [-0.2, 0) is 11.3 Å². The monoisotopic (exact) mass is 399 g/mol. The number of amides is 1. The fourth-order valence-corrected chi connectivity index (χ4v) is 3.90. The highest BCUT2D eigenvalue weighted by Gasteiger charge is 2.40. The number of thiocarbonyl (C=S) groups is 1. The van der Waals surface area contributed by atoms with E-state index < -0.39 is 0 Å². The number of hydrogen-bond acceptors (Lipinski definition) is 4. The molecular weight excluding hydrogens is 370 g/mol. The van der Waals surface area contributed by atoms with Crippen molar-refractivity contribution in [3.8, 4) is 0 Å². The minimum absolute atomic E-state index is 0.139. The lowest BCUT2D eigenvalue weighted by atomic mass is 10.1. The molecule has 0 bridgehead atoms. The van der Waals surface area contributed by atoms with Gasteiger partial charge in [0.05, 0.1) is 12.2 Å². The molecule has 28 heavy (non-hydrogen) atoms. The molecule has 1 amide bonds. The van der Waals surface area contributed by atoms with Gasteiger partial charge in [-0.15, -0.1) is 0 Å². The Balaban J connectivity index is 1.61. The molecule has 2 N–H and O–H groups in total. The van der Waals surface area contributed by atoms with Crippen LogP contribution in [0.1, 0.15) is 38.7 Å². The van der Waals surface area contributed by atoms with Gasteiger partial charge >= 0.3 is 0 Å². The second-order valence-electron chi connectivity index (χ2n) is 7.38. The molecule has 1 aromatic carbocycles. The van der Waals surface area contributed by atoms with Crippen LogP contribution in [-0.4, -0.2) is 52.3 Å². The topological polar surface area (TPSA) is 60.0 Å². The summed E-state index contributed by atoms with van der Waals surface area (Å²) in [6.45, 7) is 6.76. The summed E-state index contributed by atoms with van der Waals surface area (Å²) in [5.41, 5.74) is 1.81. The summed E-state index contributed by atoms with van der Waals surface area (Å²) < 4.78 is 0. The Morgan fingerprint density at radius 3 is 2.86 bits per heavy atom. The van der Waals surface area contributed by atoms with Gasteiger partial charge < -0.3 is 15.1 Å². The quantitative estimate of drug-likeness (QED) is 0.691. The summed E-state index contributed by atoms with van der Waals surface area (Å²) in [6.07, 6.45) is 6.41.